The van der Waals surface area contributed by atoms with Crippen molar-refractivity contribution in [2.75, 3.05) is 6.54 Å². The maximum absolute atomic E-state index is 5.28. The van der Waals surface area contributed by atoms with Gasteiger partial charge >= 0.3 is 0 Å². The number of hydrogen-bond acceptors (Lipinski definition) is 1. The van der Waals surface area contributed by atoms with Gasteiger partial charge < -0.3 is 5.73 Å². The summed E-state index contributed by atoms with van der Waals surface area (Å²) in [5.41, 5.74) is 5.28. The molecule has 7 heavy (non-hydrogen) atoms. The lowest BCUT2D eigenvalue weighted by Gasteiger charge is -1.96. The quantitative estimate of drug-likeness (QED) is 0.516. The van der Waals surface area contributed by atoms with Crippen molar-refractivity contribution >= 4 is 7.28 Å². The molecule has 0 radical (unpaired) electrons. The van der Waals surface area contributed by atoms with Gasteiger partial charge in [-0.1, -0.05) is 26.0 Å². The van der Waals surface area contributed by atoms with Gasteiger partial charge in [0, 0.05) is 0 Å². The van der Waals surface area contributed by atoms with Gasteiger partial charge in [-0.2, -0.15) is 0 Å². The lowest BCUT2D eigenvalue weighted by Crippen LogP contribution is -2.04. The first-order chi connectivity index (χ1) is 3.27. The van der Waals surface area contributed by atoms with Crippen molar-refractivity contribution in [2.24, 2.45) is 5.73 Å². The zero-order valence-electron chi connectivity index (χ0n) is 5.28. The molecule has 2 heteroatoms. The molecule has 0 saturated carbocycles. The van der Waals surface area contributed by atoms with Gasteiger partial charge in [0.15, 0.2) is 0 Å². The van der Waals surface area contributed by atoms with Gasteiger partial charge in [-0.05, 0) is 6.54 Å². The molecule has 0 aliphatic rings. The molecule has 0 saturated heterocycles. The van der Waals surface area contributed by atoms with Crippen LogP contribution in [0.1, 0.15) is 13.8 Å². The monoisotopic (exact) mass is 99.1 g/mol. The third-order valence-electron chi connectivity index (χ3n) is 0.986. The average molecular weight is 99.0 g/mol. The van der Waals surface area contributed by atoms with E-state index in [-0.39, 0.29) is 0 Å². The fraction of sp³-hybridized carbons (Fsp3) is 1.00. The molecule has 0 aromatic rings. The van der Waals surface area contributed by atoms with E-state index in [4.69, 9.17) is 5.73 Å². The van der Waals surface area contributed by atoms with Crippen molar-refractivity contribution in [3.63, 3.8) is 0 Å². The summed E-state index contributed by atoms with van der Waals surface area (Å²) in [5, 5.41) is 0. The first-order valence-corrected chi connectivity index (χ1v) is 2.97. The van der Waals surface area contributed by atoms with E-state index in [2.05, 4.69) is 13.8 Å². The molecule has 0 heterocycles. The Bertz CT molecular complexity index is 37.1. The van der Waals surface area contributed by atoms with Crippen LogP contribution in [-0.2, 0) is 0 Å². The van der Waals surface area contributed by atoms with E-state index < -0.39 is 0 Å². The highest BCUT2D eigenvalue weighted by atomic mass is 14.5. The topological polar surface area (TPSA) is 26.0 Å². The van der Waals surface area contributed by atoms with Gasteiger partial charge in [0.1, 0.15) is 7.28 Å². The van der Waals surface area contributed by atoms with Gasteiger partial charge in [-0.3, -0.25) is 0 Å². The minimum atomic E-state index is 0.823. The molecule has 0 aliphatic heterocycles. The molecule has 0 aliphatic carbocycles. The molecule has 0 rings (SSSR count). The van der Waals surface area contributed by atoms with E-state index in [1.807, 2.05) is 0 Å². The third kappa shape index (κ3) is 6.02. The zero-order valence-corrected chi connectivity index (χ0v) is 5.28. The van der Waals surface area contributed by atoms with Crippen LogP contribution in [0, 0.1) is 0 Å². The van der Waals surface area contributed by atoms with Crippen LogP contribution in [0.15, 0.2) is 0 Å². The molecule has 1 nitrogen and oxygen atoms in total. The molecule has 0 bridgehead atoms. The predicted octanol–water partition coefficient (Wildman–Crippen LogP) is 0.628. The summed E-state index contributed by atoms with van der Waals surface area (Å²) in [6.45, 7) is 5.28. The third-order valence-corrected chi connectivity index (χ3v) is 0.986. The molecular formula is C5H14BN. The summed E-state index contributed by atoms with van der Waals surface area (Å²) >= 11 is 0. The smallest absolute Gasteiger partial charge is 0.124 e. The molecule has 0 unspecified atom stereocenters. The van der Waals surface area contributed by atoms with Crippen LogP contribution in [0.2, 0.25) is 12.1 Å². The molecule has 42 valence electrons. The van der Waals surface area contributed by atoms with Gasteiger partial charge in [0.25, 0.3) is 0 Å². The molecule has 0 amide bonds. The van der Waals surface area contributed by atoms with Crippen LogP contribution < -0.4 is 5.73 Å². The van der Waals surface area contributed by atoms with Gasteiger partial charge in [-0.25, -0.2) is 0 Å². The van der Waals surface area contributed by atoms with E-state index in [0.29, 0.717) is 0 Å². The summed E-state index contributed by atoms with van der Waals surface area (Å²) in [7, 11) is 1.27. The van der Waals surface area contributed by atoms with Crippen LogP contribution in [0.3, 0.4) is 0 Å². The van der Waals surface area contributed by atoms with Gasteiger partial charge in [0.2, 0.25) is 0 Å². The van der Waals surface area contributed by atoms with Crippen LogP contribution in [0.25, 0.3) is 0 Å². The molecule has 0 fully saturated rings. The van der Waals surface area contributed by atoms with Crippen molar-refractivity contribution in [2.45, 2.75) is 26.0 Å². The van der Waals surface area contributed by atoms with Crippen LogP contribution in [0.5, 0.6) is 0 Å². The van der Waals surface area contributed by atoms with Crippen molar-refractivity contribution < 1.29 is 0 Å². The Hall–Kier alpha value is 0.0249. The van der Waals surface area contributed by atoms with E-state index in [1.165, 1.54) is 13.6 Å². The zero-order chi connectivity index (χ0) is 5.70. The minimum absolute atomic E-state index is 0.823. The van der Waals surface area contributed by atoms with Crippen LogP contribution >= 0.6 is 0 Å². The van der Waals surface area contributed by atoms with Crippen molar-refractivity contribution in [1.82, 2.24) is 0 Å². The Morgan fingerprint density at radius 3 is 2.29 bits per heavy atom. The highest BCUT2D eigenvalue weighted by Gasteiger charge is 1.92. The molecule has 0 spiro atoms. The highest BCUT2D eigenvalue weighted by Crippen LogP contribution is 1.97. The average Bonchev–Trinajstić information content (AvgIpc) is 1.61. The highest BCUT2D eigenvalue weighted by molar-refractivity contribution is 6.37. The predicted molar refractivity (Wildman–Crippen MR) is 36.1 cm³/mol. The number of nitrogens with two attached hydrogens (primary N) is 1. The molecule has 2 N–H and O–H groups in total. The van der Waals surface area contributed by atoms with Crippen LogP contribution in [-0.4, -0.2) is 13.8 Å². The lowest BCUT2D eigenvalue weighted by atomic mass is 9.64. The van der Waals surface area contributed by atoms with Gasteiger partial charge in [-0.15, -0.1) is 0 Å². The van der Waals surface area contributed by atoms with Crippen LogP contribution in [0.4, 0.5) is 0 Å². The van der Waals surface area contributed by atoms with E-state index in [0.717, 1.165) is 12.4 Å². The Kier molecular flexibility index (Phi) is 4.21. The Morgan fingerprint density at radius 2 is 2.14 bits per heavy atom. The maximum Gasteiger partial charge on any atom is 0.124 e. The second-order valence-corrected chi connectivity index (χ2v) is 2.32. The maximum atomic E-state index is 5.28. The second kappa shape index (κ2) is 4.19. The SMILES string of the molecule is CC(C)BCCN. The molecular weight excluding hydrogens is 84.9 g/mol. The molecule has 0 aromatic heterocycles. The second-order valence-electron chi connectivity index (χ2n) is 2.32. The fourth-order valence-electron chi connectivity index (χ4n) is 0.526. The van der Waals surface area contributed by atoms with E-state index >= 15 is 0 Å². The Morgan fingerprint density at radius 1 is 1.57 bits per heavy atom. The summed E-state index contributed by atoms with van der Waals surface area (Å²) in [5.74, 6) is 0.823. The molecule has 0 aromatic carbocycles. The minimum Gasteiger partial charge on any atom is -0.331 e. The first kappa shape index (κ1) is 7.02. The number of rotatable bonds is 3. The van der Waals surface area contributed by atoms with Crippen molar-refractivity contribution in [1.29, 1.82) is 0 Å². The van der Waals surface area contributed by atoms with Crippen molar-refractivity contribution in [3.8, 4) is 0 Å². The Balaban J connectivity index is 2.68. The normalized spacial score (nSPS) is 9.71. The van der Waals surface area contributed by atoms with Crippen molar-refractivity contribution in [3.05, 3.63) is 0 Å². The standard InChI is InChI=1S/C5H14BN/c1-5(2)6-3-4-7/h5-6H,3-4,7H2,1-2H3. The Labute approximate surface area is 46.5 Å². The van der Waals surface area contributed by atoms with E-state index in [1.54, 1.807) is 0 Å². The van der Waals surface area contributed by atoms with E-state index in [9.17, 15) is 0 Å². The number of hydrogen-bond donors (Lipinski definition) is 1. The molecule has 0 atom stereocenters. The summed E-state index contributed by atoms with van der Waals surface area (Å²) in [6.07, 6.45) is 1.18. The van der Waals surface area contributed by atoms with Gasteiger partial charge in [0.05, 0.1) is 0 Å². The summed E-state index contributed by atoms with van der Waals surface area (Å²) < 4.78 is 0. The fourth-order valence-corrected chi connectivity index (χ4v) is 0.526. The summed E-state index contributed by atoms with van der Waals surface area (Å²) in [4.78, 5) is 0. The lowest BCUT2D eigenvalue weighted by molar-refractivity contribution is 1.02. The summed E-state index contributed by atoms with van der Waals surface area (Å²) in [6, 6.07) is 0. The first-order valence-electron chi connectivity index (χ1n) is 2.97. The largest absolute Gasteiger partial charge is 0.331 e.